The topological polar surface area (TPSA) is 70.2 Å². The molecule has 0 aromatic heterocycles. The number of halogens is 1. The standard InChI is InChI=1S/C21H22ClN3O2/c22-15-3-1-14(2-4-15)19(26)24-16-5-7-17(8-6-16)25-20(27)18-13-21(18)9-11-23-12-10-21/h1-8,18,23H,9-13H2,(H,24,26)(H,25,27). The Morgan fingerprint density at radius 2 is 1.52 bits per heavy atom. The van der Waals surface area contributed by atoms with Crippen molar-refractivity contribution in [1.82, 2.24) is 5.32 Å². The second-order valence-electron chi connectivity index (χ2n) is 7.40. The van der Waals surface area contributed by atoms with Gasteiger partial charge < -0.3 is 16.0 Å². The van der Waals surface area contributed by atoms with Crippen LogP contribution in [0.25, 0.3) is 0 Å². The van der Waals surface area contributed by atoms with Gasteiger partial charge in [0.15, 0.2) is 0 Å². The van der Waals surface area contributed by atoms with Crippen molar-refractivity contribution < 1.29 is 9.59 Å². The van der Waals surface area contributed by atoms with Crippen molar-refractivity contribution in [2.45, 2.75) is 19.3 Å². The first kappa shape index (κ1) is 18.0. The highest BCUT2D eigenvalue weighted by atomic mass is 35.5. The summed E-state index contributed by atoms with van der Waals surface area (Å²) in [5, 5.41) is 9.79. The van der Waals surface area contributed by atoms with E-state index in [0.717, 1.165) is 38.0 Å². The Kier molecular flexibility index (Phi) is 4.89. The van der Waals surface area contributed by atoms with E-state index >= 15 is 0 Å². The van der Waals surface area contributed by atoms with Crippen LogP contribution in [0.3, 0.4) is 0 Å². The normalized spacial score (nSPS) is 20.1. The van der Waals surface area contributed by atoms with Crippen molar-refractivity contribution in [3.8, 4) is 0 Å². The van der Waals surface area contributed by atoms with Crippen LogP contribution in [0.1, 0.15) is 29.6 Å². The first-order valence-electron chi connectivity index (χ1n) is 9.24. The largest absolute Gasteiger partial charge is 0.326 e. The highest BCUT2D eigenvalue weighted by Gasteiger charge is 2.57. The Bertz CT molecular complexity index is 843. The molecule has 1 aliphatic carbocycles. The number of rotatable bonds is 4. The van der Waals surface area contributed by atoms with Crippen LogP contribution < -0.4 is 16.0 Å². The van der Waals surface area contributed by atoms with Crippen LogP contribution in [-0.2, 0) is 4.79 Å². The number of anilines is 2. The maximum absolute atomic E-state index is 12.5. The number of nitrogens with one attached hydrogen (secondary N) is 3. The minimum absolute atomic E-state index is 0.106. The molecule has 1 unspecified atom stereocenters. The predicted octanol–water partition coefficient (Wildman–Crippen LogP) is 3.92. The molecule has 1 heterocycles. The van der Waals surface area contributed by atoms with Gasteiger partial charge in [0.1, 0.15) is 0 Å². The summed E-state index contributed by atoms with van der Waals surface area (Å²) >= 11 is 5.84. The molecule has 1 spiro atoms. The van der Waals surface area contributed by atoms with Gasteiger partial charge in [0.05, 0.1) is 0 Å². The predicted molar refractivity (Wildman–Crippen MR) is 107 cm³/mol. The maximum atomic E-state index is 12.5. The first-order chi connectivity index (χ1) is 13.1. The van der Waals surface area contributed by atoms with Crippen LogP contribution in [0.4, 0.5) is 11.4 Å². The summed E-state index contributed by atoms with van der Waals surface area (Å²) in [4.78, 5) is 24.7. The Labute approximate surface area is 163 Å². The molecule has 0 bridgehead atoms. The van der Waals surface area contributed by atoms with Crippen LogP contribution in [0.5, 0.6) is 0 Å². The highest BCUT2D eigenvalue weighted by Crippen LogP contribution is 2.58. The van der Waals surface area contributed by atoms with Gasteiger partial charge in [-0.25, -0.2) is 0 Å². The van der Waals surface area contributed by atoms with E-state index in [-0.39, 0.29) is 23.1 Å². The molecule has 3 N–H and O–H groups in total. The molecule has 140 valence electrons. The lowest BCUT2D eigenvalue weighted by atomic mass is 9.92. The molecule has 6 heteroatoms. The molecule has 2 aromatic carbocycles. The zero-order valence-electron chi connectivity index (χ0n) is 14.9. The molecule has 2 amide bonds. The van der Waals surface area contributed by atoms with Crippen molar-refractivity contribution in [3.05, 3.63) is 59.1 Å². The monoisotopic (exact) mass is 383 g/mol. The Morgan fingerprint density at radius 1 is 0.926 bits per heavy atom. The van der Waals surface area contributed by atoms with Crippen LogP contribution in [-0.4, -0.2) is 24.9 Å². The molecule has 1 aliphatic heterocycles. The van der Waals surface area contributed by atoms with Crippen molar-refractivity contribution in [2.24, 2.45) is 11.3 Å². The lowest BCUT2D eigenvalue weighted by Gasteiger charge is -2.23. The van der Waals surface area contributed by atoms with Gasteiger partial charge in [0.25, 0.3) is 5.91 Å². The molecule has 2 aliphatic rings. The third-order valence-electron chi connectivity index (χ3n) is 5.62. The molecule has 1 saturated carbocycles. The van der Waals surface area contributed by atoms with Gasteiger partial charge in [-0.2, -0.15) is 0 Å². The van der Waals surface area contributed by atoms with E-state index in [4.69, 9.17) is 11.6 Å². The van der Waals surface area contributed by atoms with E-state index in [2.05, 4.69) is 16.0 Å². The molecule has 27 heavy (non-hydrogen) atoms. The molecule has 2 fully saturated rings. The van der Waals surface area contributed by atoms with Crippen LogP contribution in [0.15, 0.2) is 48.5 Å². The SMILES string of the molecule is O=C(Nc1ccc(NC(=O)C2CC23CCNCC3)cc1)c1ccc(Cl)cc1. The highest BCUT2D eigenvalue weighted by molar-refractivity contribution is 6.30. The van der Waals surface area contributed by atoms with Gasteiger partial charge in [0.2, 0.25) is 5.91 Å². The van der Waals surface area contributed by atoms with Gasteiger partial charge in [-0.05, 0) is 86.3 Å². The molecule has 2 aromatic rings. The van der Waals surface area contributed by atoms with Gasteiger partial charge in [-0.3, -0.25) is 9.59 Å². The average Bonchev–Trinajstić information content (AvgIpc) is 3.37. The Balaban J connectivity index is 1.33. The quantitative estimate of drug-likeness (QED) is 0.749. The van der Waals surface area contributed by atoms with E-state index in [1.54, 1.807) is 36.4 Å². The Morgan fingerprint density at radius 3 is 2.15 bits per heavy atom. The zero-order valence-corrected chi connectivity index (χ0v) is 15.7. The molecule has 4 rings (SSSR count). The third-order valence-corrected chi connectivity index (χ3v) is 5.87. The number of benzene rings is 2. The molecular formula is C21H22ClN3O2. The summed E-state index contributed by atoms with van der Waals surface area (Å²) in [5.41, 5.74) is 2.19. The van der Waals surface area contributed by atoms with E-state index in [0.29, 0.717) is 16.3 Å². The summed E-state index contributed by atoms with van der Waals surface area (Å²) in [7, 11) is 0. The number of hydrogen-bond acceptors (Lipinski definition) is 3. The van der Waals surface area contributed by atoms with Crippen molar-refractivity contribution in [3.63, 3.8) is 0 Å². The summed E-state index contributed by atoms with van der Waals surface area (Å²) in [6.07, 6.45) is 3.16. The minimum atomic E-state index is -0.200. The van der Waals surface area contributed by atoms with Crippen molar-refractivity contribution in [2.75, 3.05) is 23.7 Å². The molecule has 1 atom stereocenters. The zero-order chi connectivity index (χ0) is 18.9. The number of amides is 2. The average molecular weight is 384 g/mol. The molecular weight excluding hydrogens is 362 g/mol. The number of hydrogen-bond donors (Lipinski definition) is 3. The second-order valence-corrected chi connectivity index (χ2v) is 7.83. The fourth-order valence-corrected chi connectivity index (χ4v) is 3.99. The lowest BCUT2D eigenvalue weighted by molar-refractivity contribution is -0.118. The van der Waals surface area contributed by atoms with E-state index in [1.807, 2.05) is 12.1 Å². The van der Waals surface area contributed by atoms with Crippen molar-refractivity contribution in [1.29, 1.82) is 0 Å². The summed E-state index contributed by atoms with van der Waals surface area (Å²) in [5.74, 6) is 0.0352. The fraction of sp³-hybridized carbons (Fsp3) is 0.333. The van der Waals surface area contributed by atoms with Crippen LogP contribution in [0.2, 0.25) is 5.02 Å². The summed E-state index contributed by atoms with van der Waals surface area (Å²) < 4.78 is 0. The van der Waals surface area contributed by atoms with Gasteiger partial charge in [0, 0.05) is 27.9 Å². The lowest BCUT2D eigenvalue weighted by Crippen LogP contribution is -2.31. The van der Waals surface area contributed by atoms with E-state index in [9.17, 15) is 9.59 Å². The number of piperidine rings is 1. The van der Waals surface area contributed by atoms with Crippen molar-refractivity contribution >= 4 is 34.8 Å². The van der Waals surface area contributed by atoms with Gasteiger partial charge in [-0.1, -0.05) is 11.6 Å². The number of carbonyl (C=O) groups is 2. The molecule has 5 nitrogen and oxygen atoms in total. The first-order valence-corrected chi connectivity index (χ1v) is 9.62. The van der Waals surface area contributed by atoms with Crippen LogP contribution in [0, 0.1) is 11.3 Å². The third kappa shape index (κ3) is 3.99. The summed E-state index contributed by atoms with van der Waals surface area (Å²) in [6, 6.07) is 13.9. The molecule has 0 radical (unpaired) electrons. The number of carbonyl (C=O) groups excluding carboxylic acids is 2. The minimum Gasteiger partial charge on any atom is -0.326 e. The fourth-order valence-electron chi connectivity index (χ4n) is 3.87. The maximum Gasteiger partial charge on any atom is 0.255 e. The van der Waals surface area contributed by atoms with Gasteiger partial charge in [-0.15, -0.1) is 0 Å². The smallest absolute Gasteiger partial charge is 0.255 e. The van der Waals surface area contributed by atoms with E-state index in [1.165, 1.54) is 0 Å². The second kappa shape index (κ2) is 7.33. The van der Waals surface area contributed by atoms with Gasteiger partial charge >= 0.3 is 0 Å². The Hall–Kier alpha value is -2.37. The molecule has 1 saturated heterocycles. The van der Waals surface area contributed by atoms with E-state index < -0.39 is 0 Å². The van der Waals surface area contributed by atoms with Crippen LogP contribution >= 0.6 is 11.6 Å². The summed E-state index contributed by atoms with van der Waals surface area (Å²) in [6.45, 7) is 2.01.